The zero-order valence-electron chi connectivity index (χ0n) is 14.9. The molecule has 3 aliphatic carbocycles. The van der Waals surface area contributed by atoms with Crippen molar-refractivity contribution in [3.63, 3.8) is 0 Å². The van der Waals surface area contributed by atoms with Gasteiger partial charge in [-0.25, -0.2) is 0 Å². The SMILES string of the molecule is C=C1CCCC2C3(C)CCC(C)(C(=O)CO)CC3CC(O)C12C. The third-order valence-electron chi connectivity index (χ3n) is 8.11. The molecule has 6 atom stereocenters. The van der Waals surface area contributed by atoms with Crippen molar-refractivity contribution >= 4 is 5.78 Å². The van der Waals surface area contributed by atoms with Crippen molar-refractivity contribution in [3.05, 3.63) is 12.2 Å². The first-order valence-corrected chi connectivity index (χ1v) is 9.19. The number of hydrogen-bond donors (Lipinski definition) is 2. The highest BCUT2D eigenvalue weighted by molar-refractivity contribution is 5.85. The Morgan fingerprint density at radius 3 is 2.65 bits per heavy atom. The van der Waals surface area contributed by atoms with E-state index in [1.165, 1.54) is 12.0 Å². The molecular weight excluding hydrogens is 288 g/mol. The highest BCUT2D eigenvalue weighted by Crippen LogP contribution is 2.66. The van der Waals surface area contributed by atoms with Crippen molar-refractivity contribution in [3.8, 4) is 0 Å². The molecule has 0 bridgehead atoms. The monoisotopic (exact) mass is 320 g/mol. The lowest BCUT2D eigenvalue weighted by atomic mass is 9.41. The van der Waals surface area contributed by atoms with Crippen LogP contribution in [0.2, 0.25) is 0 Å². The van der Waals surface area contributed by atoms with Crippen LogP contribution in [0, 0.1) is 28.1 Å². The predicted molar refractivity (Wildman–Crippen MR) is 90.9 cm³/mol. The largest absolute Gasteiger partial charge is 0.392 e. The number of aliphatic hydroxyl groups is 2. The van der Waals surface area contributed by atoms with Gasteiger partial charge < -0.3 is 10.2 Å². The summed E-state index contributed by atoms with van der Waals surface area (Å²) in [6.45, 7) is 10.6. The average Bonchev–Trinajstić information content (AvgIpc) is 2.51. The van der Waals surface area contributed by atoms with E-state index in [0.717, 1.165) is 38.5 Å². The molecule has 3 aliphatic rings. The normalized spacial score (nSPS) is 50.1. The number of Topliss-reactive ketones (excluding diaryl/α,β-unsaturated/α-hetero) is 1. The summed E-state index contributed by atoms with van der Waals surface area (Å²) in [4.78, 5) is 12.2. The van der Waals surface area contributed by atoms with Crippen molar-refractivity contribution < 1.29 is 15.0 Å². The van der Waals surface area contributed by atoms with E-state index < -0.39 is 5.41 Å². The van der Waals surface area contributed by atoms with E-state index in [2.05, 4.69) is 20.4 Å². The molecule has 0 radical (unpaired) electrons. The van der Waals surface area contributed by atoms with Gasteiger partial charge in [-0.2, -0.15) is 0 Å². The van der Waals surface area contributed by atoms with Gasteiger partial charge in [0.2, 0.25) is 0 Å². The zero-order valence-corrected chi connectivity index (χ0v) is 14.9. The van der Waals surface area contributed by atoms with Gasteiger partial charge in [0.05, 0.1) is 6.10 Å². The Kier molecular flexibility index (Phi) is 4.04. The minimum atomic E-state index is -0.419. The van der Waals surface area contributed by atoms with Crippen LogP contribution < -0.4 is 0 Å². The first-order chi connectivity index (χ1) is 10.7. The minimum absolute atomic E-state index is 0.0320. The molecule has 0 heterocycles. The molecule has 0 aromatic rings. The van der Waals surface area contributed by atoms with Gasteiger partial charge in [0, 0.05) is 10.8 Å². The molecule has 3 rings (SSSR count). The minimum Gasteiger partial charge on any atom is -0.392 e. The fourth-order valence-electron chi connectivity index (χ4n) is 6.22. The van der Waals surface area contributed by atoms with Crippen LogP contribution in [0.3, 0.4) is 0 Å². The summed E-state index contributed by atoms with van der Waals surface area (Å²) in [6.07, 6.45) is 6.44. The van der Waals surface area contributed by atoms with Gasteiger partial charge in [0.15, 0.2) is 5.78 Å². The van der Waals surface area contributed by atoms with Crippen molar-refractivity contribution in [2.24, 2.45) is 28.1 Å². The third kappa shape index (κ3) is 2.26. The van der Waals surface area contributed by atoms with Crippen LogP contribution in [0.1, 0.15) is 65.7 Å². The third-order valence-corrected chi connectivity index (χ3v) is 8.11. The quantitative estimate of drug-likeness (QED) is 0.766. The molecule has 23 heavy (non-hydrogen) atoms. The summed E-state index contributed by atoms with van der Waals surface area (Å²) < 4.78 is 0. The van der Waals surface area contributed by atoms with Crippen molar-refractivity contribution in [1.29, 1.82) is 0 Å². The lowest BCUT2D eigenvalue weighted by Gasteiger charge is -2.64. The summed E-state index contributed by atoms with van der Waals surface area (Å²) in [5, 5.41) is 20.3. The molecule has 3 fully saturated rings. The van der Waals surface area contributed by atoms with Crippen molar-refractivity contribution in [2.45, 2.75) is 71.8 Å². The maximum absolute atomic E-state index is 12.2. The van der Waals surface area contributed by atoms with Crippen LogP contribution in [0.4, 0.5) is 0 Å². The first kappa shape index (κ1) is 17.2. The summed E-state index contributed by atoms with van der Waals surface area (Å²) in [6, 6.07) is 0. The average molecular weight is 320 g/mol. The molecule has 3 nitrogen and oxygen atoms in total. The fourth-order valence-corrected chi connectivity index (χ4v) is 6.22. The summed E-state index contributed by atoms with van der Waals surface area (Å²) in [7, 11) is 0. The molecule has 0 aromatic carbocycles. The van der Waals surface area contributed by atoms with E-state index in [9.17, 15) is 15.0 Å². The summed E-state index contributed by atoms with van der Waals surface area (Å²) >= 11 is 0. The first-order valence-electron chi connectivity index (χ1n) is 9.19. The molecule has 0 aromatic heterocycles. The summed E-state index contributed by atoms with van der Waals surface area (Å²) in [5.41, 5.74) is 0.809. The molecule has 130 valence electrons. The van der Waals surface area contributed by atoms with E-state index in [1.54, 1.807) is 0 Å². The second-order valence-corrected chi connectivity index (χ2v) is 9.13. The highest BCUT2D eigenvalue weighted by Gasteiger charge is 2.61. The number of fused-ring (bicyclic) bond motifs is 3. The van der Waals surface area contributed by atoms with Gasteiger partial charge in [0.1, 0.15) is 6.61 Å². The lowest BCUT2D eigenvalue weighted by molar-refractivity contribution is -0.168. The van der Waals surface area contributed by atoms with Gasteiger partial charge in [-0.3, -0.25) is 4.79 Å². The Morgan fingerprint density at radius 1 is 1.30 bits per heavy atom. The maximum atomic E-state index is 12.2. The smallest absolute Gasteiger partial charge is 0.164 e. The van der Waals surface area contributed by atoms with Gasteiger partial charge in [-0.05, 0) is 62.2 Å². The fraction of sp³-hybridized carbons (Fsp3) is 0.850. The number of carbonyl (C=O) groups is 1. The highest BCUT2D eigenvalue weighted by atomic mass is 16.3. The second kappa shape index (κ2) is 5.42. The van der Waals surface area contributed by atoms with E-state index in [0.29, 0.717) is 11.8 Å². The van der Waals surface area contributed by atoms with E-state index in [4.69, 9.17) is 0 Å². The Bertz CT molecular complexity index is 527. The van der Waals surface area contributed by atoms with Crippen LogP contribution in [0.15, 0.2) is 12.2 Å². The molecule has 0 saturated heterocycles. The Morgan fingerprint density at radius 2 is 2.00 bits per heavy atom. The van der Waals surface area contributed by atoms with Crippen LogP contribution in [0.25, 0.3) is 0 Å². The standard InChI is InChI=1S/C20H32O3/c1-13-6-5-7-15-19(3)9-8-18(2,17(23)12-21)11-14(19)10-16(22)20(13,15)4/h14-16,21-22H,1,5-12H2,2-4H3. The van der Waals surface area contributed by atoms with Crippen LogP contribution in [-0.2, 0) is 4.79 Å². The molecule has 3 heteroatoms. The Balaban J connectivity index is 1.94. The van der Waals surface area contributed by atoms with Gasteiger partial charge in [0.25, 0.3) is 0 Å². The maximum Gasteiger partial charge on any atom is 0.164 e. The molecule has 6 unspecified atom stereocenters. The second-order valence-electron chi connectivity index (χ2n) is 9.13. The molecule has 2 N–H and O–H groups in total. The number of rotatable bonds is 2. The molecular formula is C20H32O3. The van der Waals surface area contributed by atoms with E-state index in [1.807, 2.05) is 6.92 Å². The van der Waals surface area contributed by atoms with Gasteiger partial charge >= 0.3 is 0 Å². The van der Waals surface area contributed by atoms with Crippen LogP contribution in [0.5, 0.6) is 0 Å². The van der Waals surface area contributed by atoms with Crippen LogP contribution in [-0.4, -0.2) is 28.7 Å². The topological polar surface area (TPSA) is 57.5 Å². The number of carbonyl (C=O) groups excluding carboxylic acids is 1. The Hall–Kier alpha value is -0.670. The lowest BCUT2D eigenvalue weighted by Crippen LogP contribution is -2.60. The van der Waals surface area contributed by atoms with Gasteiger partial charge in [-0.1, -0.05) is 32.9 Å². The molecule has 0 amide bonds. The summed E-state index contributed by atoms with van der Waals surface area (Å²) in [5.74, 6) is 0.782. The van der Waals surface area contributed by atoms with E-state index in [-0.39, 0.29) is 29.3 Å². The zero-order chi connectivity index (χ0) is 17.0. The number of aliphatic hydroxyl groups excluding tert-OH is 2. The van der Waals surface area contributed by atoms with Crippen molar-refractivity contribution in [2.75, 3.05) is 6.61 Å². The van der Waals surface area contributed by atoms with Crippen LogP contribution >= 0.6 is 0 Å². The molecule has 0 aliphatic heterocycles. The number of hydrogen-bond acceptors (Lipinski definition) is 3. The van der Waals surface area contributed by atoms with Gasteiger partial charge in [-0.15, -0.1) is 0 Å². The van der Waals surface area contributed by atoms with Crippen molar-refractivity contribution in [1.82, 2.24) is 0 Å². The number of ketones is 1. The Labute approximate surface area is 140 Å². The predicted octanol–water partition coefficient (Wildman–Crippen LogP) is 3.49. The molecule has 3 saturated carbocycles. The molecule has 0 spiro atoms. The van der Waals surface area contributed by atoms with E-state index >= 15 is 0 Å².